The summed E-state index contributed by atoms with van der Waals surface area (Å²) < 4.78 is 0. The van der Waals surface area contributed by atoms with Crippen LogP contribution in [0.15, 0.2) is 0 Å². The number of rotatable bonds is 5. The van der Waals surface area contributed by atoms with Gasteiger partial charge in [0.2, 0.25) is 0 Å². The molecule has 0 amide bonds. The van der Waals surface area contributed by atoms with Crippen molar-refractivity contribution < 1.29 is 0 Å². The molecule has 15 heavy (non-hydrogen) atoms. The van der Waals surface area contributed by atoms with E-state index in [1.165, 1.54) is 45.1 Å². The minimum Gasteiger partial charge on any atom is -0.329 e. The average molecular weight is 210 g/mol. The normalized spacial score (nSPS) is 36.4. The van der Waals surface area contributed by atoms with E-state index >= 15 is 0 Å². The summed E-state index contributed by atoms with van der Waals surface area (Å²) in [5.74, 6) is 0.850. The van der Waals surface area contributed by atoms with Crippen LogP contribution in [0.1, 0.15) is 52.4 Å². The van der Waals surface area contributed by atoms with Gasteiger partial charge in [0.15, 0.2) is 0 Å². The van der Waals surface area contributed by atoms with Crippen molar-refractivity contribution in [3.05, 3.63) is 0 Å². The fourth-order valence-corrected chi connectivity index (χ4v) is 3.80. The molecule has 2 N–H and O–H groups in total. The van der Waals surface area contributed by atoms with Crippen molar-refractivity contribution in [1.82, 2.24) is 4.90 Å². The van der Waals surface area contributed by atoms with Crippen molar-refractivity contribution >= 4 is 0 Å². The van der Waals surface area contributed by atoms with Crippen LogP contribution in [0.3, 0.4) is 0 Å². The highest BCUT2D eigenvalue weighted by atomic mass is 15.3. The minimum absolute atomic E-state index is 0.366. The highest BCUT2D eigenvalue weighted by Gasteiger charge is 2.49. The Morgan fingerprint density at radius 3 is 2.47 bits per heavy atom. The van der Waals surface area contributed by atoms with Gasteiger partial charge in [-0.2, -0.15) is 0 Å². The first-order chi connectivity index (χ1) is 7.28. The van der Waals surface area contributed by atoms with Crippen LogP contribution in [0.2, 0.25) is 0 Å². The highest BCUT2D eigenvalue weighted by molar-refractivity contribution is 5.05. The number of nitrogens with zero attached hydrogens (tertiary/aromatic N) is 1. The van der Waals surface area contributed by atoms with Gasteiger partial charge in [-0.25, -0.2) is 0 Å². The predicted octanol–water partition coefficient (Wildman–Crippen LogP) is 2.38. The van der Waals surface area contributed by atoms with Gasteiger partial charge in [0.1, 0.15) is 0 Å². The summed E-state index contributed by atoms with van der Waals surface area (Å²) in [6.45, 7) is 6.70. The molecule has 2 saturated carbocycles. The highest BCUT2D eigenvalue weighted by Crippen LogP contribution is 2.45. The lowest BCUT2D eigenvalue weighted by Gasteiger charge is -2.45. The molecule has 0 heterocycles. The van der Waals surface area contributed by atoms with E-state index in [9.17, 15) is 0 Å². The Morgan fingerprint density at radius 2 is 2.00 bits per heavy atom. The first-order valence-electron chi connectivity index (χ1n) is 6.75. The molecule has 2 atom stereocenters. The molecule has 2 unspecified atom stereocenters. The van der Waals surface area contributed by atoms with E-state index in [-0.39, 0.29) is 0 Å². The summed E-state index contributed by atoms with van der Waals surface area (Å²) in [7, 11) is 0. The fourth-order valence-electron chi connectivity index (χ4n) is 3.80. The maximum absolute atomic E-state index is 6.14. The third-order valence-electron chi connectivity index (χ3n) is 4.67. The van der Waals surface area contributed by atoms with Gasteiger partial charge in [-0.1, -0.05) is 26.7 Å². The summed E-state index contributed by atoms with van der Waals surface area (Å²) in [5.41, 5.74) is 6.50. The van der Waals surface area contributed by atoms with E-state index in [2.05, 4.69) is 18.7 Å². The van der Waals surface area contributed by atoms with Gasteiger partial charge in [0, 0.05) is 18.1 Å². The van der Waals surface area contributed by atoms with Crippen LogP contribution in [0, 0.1) is 5.92 Å². The molecule has 0 aromatic heterocycles. The van der Waals surface area contributed by atoms with Crippen LogP contribution in [0.25, 0.3) is 0 Å². The van der Waals surface area contributed by atoms with E-state index in [1.54, 1.807) is 0 Å². The second-order valence-corrected chi connectivity index (χ2v) is 5.32. The van der Waals surface area contributed by atoms with E-state index in [0.29, 0.717) is 5.54 Å². The Kier molecular flexibility index (Phi) is 3.36. The van der Waals surface area contributed by atoms with Crippen molar-refractivity contribution in [3.63, 3.8) is 0 Å². The zero-order chi connectivity index (χ0) is 10.9. The molecule has 2 rings (SSSR count). The Hall–Kier alpha value is -0.0800. The van der Waals surface area contributed by atoms with Gasteiger partial charge >= 0.3 is 0 Å². The lowest BCUT2D eigenvalue weighted by atomic mass is 9.83. The lowest BCUT2D eigenvalue weighted by molar-refractivity contribution is 0.0527. The lowest BCUT2D eigenvalue weighted by Crippen LogP contribution is -2.57. The summed E-state index contributed by atoms with van der Waals surface area (Å²) in [5, 5.41) is 0. The summed E-state index contributed by atoms with van der Waals surface area (Å²) in [6, 6.07) is 0.866. The molecule has 0 spiro atoms. The predicted molar refractivity (Wildman–Crippen MR) is 64.8 cm³/mol. The number of likely N-dealkylation sites (N-methyl/N-ethyl adjacent to an activating group) is 1. The standard InChI is InChI=1S/C13H26N2/c1-3-11-6-5-9-13(11,10-14)15(4-2)12-7-8-12/h11-12H,3-10,14H2,1-2H3. The topological polar surface area (TPSA) is 29.3 Å². The second-order valence-electron chi connectivity index (χ2n) is 5.32. The van der Waals surface area contributed by atoms with Gasteiger partial charge in [0.25, 0.3) is 0 Å². The molecule has 2 nitrogen and oxygen atoms in total. The summed E-state index contributed by atoms with van der Waals surface area (Å²) in [4.78, 5) is 2.74. The SMILES string of the molecule is CCC1CCCC1(CN)N(CC)C1CC1. The molecule has 88 valence electrons. The molecule has 0 saturated heterocycles. The largest absolute Gasteiger partial charge is 0.329 e. The smallest absolute Gasteiger partial charge is 0.0362 e. The summed E-state index contributed by atoms with van der Waals surface area (Å²) >= 11 is 0. The monoisotopic (exact) mass is 210 g/mol. The molecule has 0 aromatic carbocycles. The van der Waals surface area contributed by atoms with Crippen molar-refractivity contribution in [2.75, 3.05) is 13.1 Å². The van der Waals surface area contributed by atoms with Gasteiger partial charge in [-0.05, 0) is 38.1 Å². The molecular formula is C13H26N2. The van der Waals surface area contributed by atoms with E-state index < -0.39 is 0 Å². The van der Waals surface area contributed by atoms with Crippen molar-refractivity contribution in [2.24, 2.45) is 11.7 Å². The first-order valence-corrected chi connectivity index (χ1v) is 6.75. The first kappa shape index (κ1) is 11.4. The Bertz CT molecular complexity index is 213. The third-order valence-corrected chi connectivity index (χ3v) is 4.67. The quantitative estimate of drug-likeness (QED) is 0.755. The van der Waals surface area contributed by atoms with E-state index in [0.717, 1.165) is 18.5 Å². The molecular weight excluding hydrogens is 184 g/mol. The Labute approximate surface area is 94.2 Å². The zero-order valence-electron chi connectivity index (χ0n) is 10.3. The zero-order valence-corrected chi connectivity index (χ0v) is 10.3. The fraction of sp³-hybridized carbons (Fsp3) is 1.00. The molecule has 0 radical (unpaired) electrons. The van der Waals surface area contributed by atoms with Crippen LogP contribution < -0.4 is 5.73 Å². The van der Waals surface area contributed by atoms with Crippen LogP contribution in [0.5, 0.6) is 0 Å². The van der Waals surface area contributed by atoms with Crippen molar-refractivity contribution in [3.8, 4) is 0 Å². The van der Waals surface area contributed by atoms with Crippen LogP contribution in [-0.2, 0) is 0 Å². The second kappa shape index (κ2) is 4.42. The van der Waals surface area contributed by atoms with Gasteiger partial charge in [0.05, 0.1) is 0 Å². The maximum Gasteiger partial charge on any atom is 0.0362 e. The molecule has 2 heteroatoms. The third kappa shape index (κ3) is 1.83. The molecule has 2 fully saturated rings. The van der Waals surface area contributed by atoms with Gasteiger partial charge < -0.3 is 5.73 Å². The molecule has 0 aliphatic heterocycles. The van der Waals surface area contributed by atoms with Crippen LogP contribution in [0.4, 0.5) is 0 Å². The van der Waals surface area contributed by atoms with Crippen LogP contribution in [-0.4, -0.2) is 29.6 Å². The molecule has 2 aliphatic rings. The van der Waals surface area contributed by atoms with E-state index in [4.69, 9.17) is 5.73 Å². The Morgan fingerprint density at radius 1 is 1.27 bits per heavy atom. The minimum atomic E-state index is 0.366. The molecule has 2 aliphatic carbocycles. The average Bonchev–Trinajstić information content (AvgIpc) is 2.99. The number of hydrogen-bond donors (Lipinski definition) is 1. The van der Waals surface area contributed by atoms with Gasteiger partial charge in [-0.15, -0.1) is 0 Å². The van der Waals surface area contributed by atoms with Crippen LogP contribution >= 0.6 is 0 Å². The van der Waals surface area contributed by atoms with E-state index in [1.807, 2.05) is 0 Å². The summed E-state index contributed by atoms with van der Waals surface area (Å²) in [6.07, 6.45) is 8.25. The van der Waals surface area contributed by atoms with Crippen molar-refractivity contribution in [2.45, 2.75) is 64.0 Å². The number of nitrogens with two attached hydrogens (primary N) is 1. The maximum atomic E-state index is 6.14. The molecule has 0 bridgehead atoms. The molecule has 0 aromatic rings. The Balaban J connectivity index is 2.17. The number of hydrogen-bond acceptors (Lipinski definition) is 2. The van der Waals surface area contributed by atoms with Crippen molar-refractivity contribution in [1.29, 1.82) is 0 Å². The van der Waals surface area contributed by atoms with Gasteiger partial charge in [-0.3, -0.25) is 4.90 Å².